The van der Waals surface area contributed by atoms with E-state index in [0.29, 0.717) is 23.8 Å². The van der Waals surface area contributed by atoms with Gasteiger partial charge in [0, 0.05) is 18.7 Å². The van der Waals surface area contributed by atoms with Gasteiger partial charge in [0.1, 0.15) is 5.82 Å². The zero-order valence-electron chi connectivity index (χ0n) is 12.7. The maximum atomic E-state index is 13.6. The summed E-state index contributed by atoms with van der Waals surface area (Å²) in [6, 6.07) is 9.90. The summed E-state index contributed by atoms with van der Waals surface area (Å²) in [6.45, 7) is 0.894. The van der Waals surface area contributed by atoms with Gasteiger partial charge < -0.3 is 24.6 Å². The van der Waals surface area contributed by atoms with Crippen molar-refractivity contribution in [2.75, 3.05) is 20.4 Å². The molecule has 3 rings (SSSR count). The van der Waals surface area contributed by atoms with Crippen LogP contribution in [0.15, 0.2) is 36.4 Å². The van der Waals surface area contributed by atoms with Crippen LogP contribution in [0.25, 0.3) is 0 Å². The van der Waals surface area contributed by atoms with Crippen molar-refractivity contribution in [3.63, 3.8) is 0 Å². The van der Waals surface area contributed by atoms with Crippen molar-refractivity contribution in [3.05, 3.63) is 53.3 Å². The van der Waals surface area contributed by atoms with Crippen LogP contribution in [0, 0.1) is 5.82 Å². The fraction of sp³-hybridized carbons (Fsp3) is 0.294. The van der Waals surface area contributed by atoms with Crippen LogP contribution in [0.5, 0.6) is 17.2 Å². The zero-order chi connectivity index (χ0) is 16.2. The summed E-state index contributed by atoms with van der Waals surface area (Å²) < 4.78 is 29.6. The highest BCUT2D eigenvalue weighted by molar-refractivity contribution is 5.55. The van der Waals surface area contributed by atoms with E-state index in [4.69, 9.17) is 14.2 Å². The lowest BCUT2D eigenvalue weighted by molar-refractivity contribution is 0.169. The van der Waals surface area contributed by atoms with E-state index in [1.54, 1.807) is 25.3 Å². The number of rotatable bonds is 6. The molecule has 2 aromatic carbocycles. The highest BCUT2D eigenvalue weighted by atomic mass is 19.1. The lowest BCUT2D eigenvalue weighted by atomic mass is 10.1. The predicted octanol–water partition coefficient (Wildman–Crippen LogP) is 2.39. The Balaban J connectivity index is 1.62. The second kappa shape index (κ2) is 6.85. The minimum atomic E-state index is -0.910. The van der Waals surface area contributed by atoms with Crippen molar-refractivity contribution in [1.82, 2.24) is 5.32 Å². The molecule has 0 bridgehead atoms. The van der Waals surface area contributed by atoms with Crippen LogP contribution in [0.1, 0.15) is 17.2 Å². The Morgan fingerprint density at radius 1 is 1.30 bits per heavy atom. The van der Waals surface area contributed by atoms with Crippen LogP contribution in [0.2, 0.25) is 0 Å². The average Bonchev–Trinajstić information content (AvgIpc) is 3.03. The van der Waals surface area contributed by atoms with Gasteiger partial charge in [0.2, 0.25) is 12.5 Å². The van der Waals surface area contributed by atoms with Crippen molar-refractivity contribution in [2.45, 2.75) is 12.6 Å². The van der Waals surface area contributed by atoms with Crippen LogP contribution >= 0.6 is 0 Å². The Morgan fingerprint density at radius 2 is 2.13 bits per heavy atom. The maximum absolute atomic E-state index is 13.6. The first-order valence-electron chi connectivity index (χ1n) is 7.28. The Kier molecular flexibility index (Phi) is 4.64. The standard InChI is InChI=1S/C17H18FNO4/c1-21-15-6-11(7-16-17(15)23-10-22-16)8-19-9-14(20)12-4-2-3-5-13(12)18/h2-7,14,19-20H,8-10H2,1H3/t14-/m0/s1. The Labute approximate surface area is 133 Å². The molecule has 1 atom stereocenters. The Bertz CT molecular complexity index is 692. The van der Waals surface area contributed by atoms with Crippen molar-refractivity contribution >= 4 is 0 Å². The average molecular weight is 319 g/mol. The molecule has 0 radical (unpaired) electrons. The molecule has 6 heteroatoms. The van der Waals surface area contributed by atoms with Crippen molar-refractivity contribution in [2.24, 2.45) is 0 Å². The van der Waals surface area contributed by atoms with E-state index in [2.05, 4.69) is 5.32 Å². The minimum Gasteiger partial charge on any atom is -0.493 e. The summed E-state index contributed by atoms with van der Waals surface area (Å²) >= 11 is 0. The molecule has 0 saturated carbocycles. The summed E-state index contributed by atoms with van der Waals surface area (Å²) in [5, 5.41) is 13.2. The first-order valence-corrected chi connectivity index (χ1v) is 7.28. The molecule has 0 aliphatic carbocycles. The zero-order valence-corrected chi connectivity index (χ0v) is 12.7. The number of benzene rings is 2. The van der Waals surface area contributed by atoms with Gasteiger partial charge in [-0.1, -0.05) is 18.2 Å². The van der Waals surface area contributed by atoms with Crippen molar-refractivity contribution in [1.29, 1.82) is 0 Å². The molecule has 5 nitrogen and oxygen atoms in total. The van der Waals surface area contributed by atoms with Crippen LogP contribution in [-0.4, -0.2) is 25.6 Å². The highest BCUT2D eigenvalue weighted by Gasteiger charge is 2.20. The summed E-state index contributed by atoms with van der Waals surface area (Å²) in [7, 11) is 1.57. The number of fused-ring (bicyclic) bond motifs is 1. The molecular weight excluding hydrogens is 301 g/mol. The van der Waals surface area contributed by atoms with Crippen LogP contribution in [0.4, 0.5) is 4.39 Å². The molecule has 0 fully saturated rings. The van der Waals surface area contributed by atoms with Gasteiger partial charge in [-0.25, -0.2) is 4.39 Å². The molecular formula is C17H18FNO4. The van der Waals surface area contributed by atoms with E-state index in [1.165, 1.54) is 6.07 Å². The molecule has 1 aliphatic rings. The van der Waals surface area contributed by atoms with E-state index in [9.17, 15) is 9.50 Å². The number of methoxy groups -OCH3 is 1. The summed E-state index contributed by atoms with van der Waals surface area (Å²) in [4.78, 5) is 0. The molecule has 23 heavy (non-hydrogen) atoms. The number of ether oxygens (including phenoxy) is 3. The normalized spacial score (nSPS) is 13.9. The van der Waals surface area contributed by atoms with E-state index >= 15 is 0 Å². The number of hydrogen-bond donors (Lipinski definition) is 2. The van der Waals surface area contributed by atoms with Gasteiger partial charge in [0.15, 0.2) is 11.5 Å². The SMILES string of the molecule is COc1cc(CNC[C@H](O)c2ccccc2F)cc2c1OCO2. The first-order chi connectivity index (χ1) is 11.2. The molecule has 1 aliphatic heterocycles. The molecule has 0 saturated heterocycles. The van der Waals surface area contributed by atoms with E-state index in [1.807, 2.05) is 12.1 Å². The number of aliphatic hydroxyl groups excluding tert-OH is 1. The monoisotopic (exact) mass is 319 g/mol. The fourth-order valence-corrected chi connectivity index (χ4v) is 2.49. The molecule has 0 aromatic heterocycles. The highest BCUT2D eigenvalue weighted by Crippen LogP contribution is 2.41. The molecule has 2 N–H and O–H groups in total. The topological polar surface area (TPSA) is 60.0 Å². The van der Waals surface area contributed by atoms with E-state index in [-0.39, 0.29) is 18.9 Å². The first kappa shape index (κ1) is 15.6. The van der Waals surface area contributed by atoms with Gasteiger partial charge in [0.05, 0.1) is 13.2 Å². The van der Waals surface area contributed by atoms with Crippen molar-refractivity contribution in [3.8, 4) is 17.2 Å². The molecule has 0 spiro atoms. The minimum absolute atomic E-state index is 0.175. The second-order valence-corrected chi connectivity index (χ2v) is 5.20. The molecule has 0 amide bonds. The third kappa shape index (κ3) is 3.38. The number of nitrogens with one attached hydrogen (secondary N) is 1. The number of aliphatic hydroxyl groups is 1. The quantitative estimate of drug-likeness (QED) is 0.856. The number of hydrogen-bond acceptors (Lipinski definition) is 5. The lowest BCUT2D eigenvalue weighted by Crippen LogP contribution is -2.21. The molecule has 2 aromatic rings. The maximum Gasteiger partial charge on any atom is 0.231 e. The Morgan fingerprint density at radius 3 is 2.91 bits per heavy atom. The molecule has 1 heterocycles. The van der Waals surface area contributed by atoms with Gasteiger partial charge >= 0.3 is 0 Å². The second-order valence-electron chi connectivity index (χ2n) is 5.20. The largest absolute Gasteiger partial charge is 0.493 e. The Hall–Kier alpha value is -2.31. The van der Waals surface area contributed by atoms with E-state index in [0.717, 1.165) is 5.56 Å². The summed E-state index contributed by atoms with van der Waals surface area (Å²) in [5.41, 5.74) is 1.20. The fourth-order valence-electron chi connectivity index (χ4n) is 2.49. The predicted molar refractivity (Wildman–Crippen MR) is 82.2 cm³/mol. The smallest absolute Gasteiger partial charge is 0.231 e. The van der Waals surface area contributed by atoms with Crippen LogP contribution in [-0.2, 0) is 6.54 Å². The lowest BCUT2D eigenvalue weighted by Gasteiger charge is -2.14. The van der Waals surface area contributed by atoms with Gasteiger partial charge in [-0.3, -0.25) is 0 Å². The molecule has 122 valence electrons. The third-order valence-electron chi connectivity index (χ3n) is 3.65. The van der Waals surface area contributed by atoms with Crippen LogP contribution in [0.3, 0.4) is 0 Å². The third-order valence-corrected chi connectivity index (χ3v) is 3.65. The van der Waals surface area contributed by atoms with E-state index < -0.39 is 11.9 Å². The van der Waals surface area contributed by atoms with Crippen molar-refractivity contribution < 1.29 is 23.7 Å². The van der Waals surface area contributed by atoms with Gasteiger partial charge in [-0.15, -0.1) is 0 Å². The number of halogens is 1. The van der Waals surface area contributed by atoms with Gasteiger partial charge in [0.25, 0.3) is 0 Å². The molecule has 0 unspecified atom stereocenters. The van der Waals surface area contributed by atoms with Crippen LogP contribution < -0.4 is 19.5 Å². The summed E-state index contributed by atoms with van der Waals surface area (Å²) in [6.07, 6.45) is -0.910. The van der Waals surface area contributed by atoms with Gasteiger partial charge in [-0.2, -0.15) is 0 Å². The summed E-state index contributed by atoms with van der Waals surface area (Å²) in [5.74, 6) is 1.43. The van der Waals surface area contributed by atoms with Gasteiger partial charge in [-0.05, 0) is 23.8 Å².